The Morgan fingerprint density at radius 2 is 1.37 bits per heavy atom. The molecule has 0 aromatic carbocycles. The number of carbonyl (C=O) groups excluding carboxylic acids is 1. The van der Waals surface area contributed by atoms with Crippen molar-refractivity contribution in [1.82, 2.24) is 5.32 Å². The third-order valence-electron chi connectivity index (χ3n) is 10.2. The number of carbonyl (C=O) groups is 1. The van der Waals surface area contributed by atoms with Crippen molar-refractivity contribution in [3.05, 3.63) is 37.5 Å². The summed E-state index contributed by atoms with van der Waals surface area (Å²) < 4.78 is 59.6. The van der Waals surface area contributed by atoms with Gasteiger partial charge in [0.1, 0.15) is 24.4 Å². The fraction of sp³-hybridized carbons (Fsp3) is 0.841. The Hall–Kier alpha value is -0.570. The number of phosphoric acid groups is 1. The van der Waals surface area contributed by atoms with E-state index in [1.807, 2.05) is 0 Å². The number of nitrogens with one attached hydrogen (secondary N) is 1. The van der Waals surface area contributed by atoms with Gasteiger partial charge in [-0.3, -0.25) is 18.4 Å². The number of hydrogen-bond donors (Lipinski definition) is 2. The van der Waals surface area contributed by atoms with Crippen LogP contribution in [0.1, 0.15) is 149 Å². The predicted octanol–water partition coefficient (Wildman–Crippen LogP) is 11.6. The molecule has 0 aromatic heterocycles. The first-order valence-electron chi connectivity index (χ1n) is 22.4. The maximum Gasteiger partial charge on any atom is 0.475 e. The normalized spacial score (nSPS) is 21.0. The van der Waals surface area contributed by atoms with E-state index in [-0.39, 0.29) is 44.9 Å². The number of phosphoric ester groups is 1. The Morgan fingerprint density at radius 1 is 0.817 bits per heavy atom. The zero-order valence-corrected chi connectivity index (χ0v) is 40.3. The summed E-state index contributed by atoms with van der Waals surface area (Å²) in [4.78, 5) is 13.7. The number of methoxy groups -OCH3 is 2. The van der Waals surface area contributed by atoms with E-state index in [0.717, 1.165) is 51.4 Å². The standard InChI is InChI=1S/C44H80Cl3N2O10P/c1-7-11-13-15-16-17-18-19-20-21-22-23-24-26-28-30-38(50)49-39-41(54-34-31-36(53-6)29-27-25-14-12-8-2)40(59-60(51,55-32-9-3)56-33-10-4)37(35-52-5)57-42(39)58-43(48)44(45,46)47/h9-10,17-18,36-37,39-43H,3-4,7-8,11-16,19-35,48H2,1-2,5-6H3,(H,49,50)/t36-,37-,39-,40-,41-,42-,43-/m1/s1. The van der Waals surface area contributed by atoms with Crippen molar-refractivity contribution >= 4 is 48.5 Å². The fourth-order valence-corrected chi connectivity index (χ4v) is 8.34. The van der Waals surface area contributed by atoms with Gasteiger partial charge in [-0.1, -0.05) is 156 Å². The molecule has 1 aliphatic rings. The molecule has 1 fully saturated rings. The molecule has 1 amide bonds. The van der Waals surface area contributed by atoms with Crippen LogP contribution in [-0.2, 0) is 46.6 Å². The molecule has 12 nitrogen and oxygen atoms in total. The molecule has 0 aliphatic carbocycles. The number of allylic oxidation sites excluding steroid dienone is 2. The Balaban J connectivity index is 3.19. The molecule has 0 bridgehead atoms. The number of nitrogens with two attached hydrogens (primary N) is 1. The highest BCUT2D eigenvalue weighted by atomic mass is 35.6. The number of ether oxygens (including phenoxy) is 5. The smallest absolute Gasteiger partial charge is 0.382 e. The van der Waals surface area contributed by atoms with Gasteiger partial charge in [-0.05, 0) is 44.9 Å². The van der Waals surface area contributed by atoms with E-state index in [1.54, 1.807) is 7.11 Å². The minimum Gasteiger partial charge on any atom is -0.382 e. The molecule has 60 heavy (non-hydrogen) atoms. The van der Waals surface area contributed by atoms with Gasteiger partial charge in [0, 0.05) is 27.2 Å². The van der Waals surface area contributed by atoms with Crippen molar-refractivity contribution in [3.63, 3.8) is 0 Å². The molecule has 1 saturated heterocycles. The number of amides is 1. The van der Waals surface area contributed by atoms with Crippen LogP contribution >= 0.6 is 42.6 Å². The van der Waals surface area contributed by atoms with Gasteiger partial charge < -0.3 is 34.7 Å². The molecule has 1 heterocycles. The molecule has 0 radical (unpaired) electrons. The van der Waals surface area contributed by atoms with Crippen LogP contribution in [0.2, 0.25) is 0 Å². The van der Waals surface area contributed by atoms with Crippen molar-refractivity contribution in [2.24, 2.45) is 5.73 Å². The highest BCUT2D eigenvalue weighted by molar-refractivity contribution is 7.48. The minimum atomic E-state index is -4.31. The molecule has 1 rings (SSSR count). The van der Waals surface area contributed by atoms with Crippen LogP contribution in [0, 0.1) is 0 Å². The molecule has 0 spiro atoms. The summed E-state index contributed by atoms with van der Waals surface area (Å²) in [6.45, 7) is 11.5. The van der Waals surface area contributed by atoms with Gasteiger partial charge in [-0.2, -0.15) is 0 Å². The quantitative estimate of drug-likeness (QED) is 0.0200. The Labute approximate surface area is 378 Å². The van der Waals surface area contributed by atoms with Crippen LogP contribution < -0.4 is 11.1 Å². The van der Waals surface area contributed by atoms with E-state index in [2.05, 4.69) is 44.5 Å². The number of alkyl halides is 3. The van der Waals surface area contributed by atoms with E-state index >= 15 is 0 Å². The topological polar surface area (TPSA) is 146 Å². The zero-order valence-electron chi connectivity index (χ0n) is 37.2. The van der Waals surface area contributed by atoms with Gasteiger partial charge in [0.05, 0.1) is 25.9 Å². The van der Waals surface area contributed by atoms with E-state index in [0.29, 0.717) is 12.8 Å². The Bertz CT molecular complexity index is 1170. The second-order valence-corrected chi connectivity index (χ2v) is 19.4. The maximum absolute atomic E-state index is 14.1. The third kappa shape index (κ3) is 26.3. The lowest BCUT2D eigenvalue weighted by molar-refractivity contribution is -0.286. The lowest BCUT2D eigenvalue weighted by atomic mass is 9.96. The maximum atomic E-state index is 14.1. The predicted molar refractivity (Wildman–Crippen MR) is 245 cm³/mol. The molecular formula is C44H80Cl3N2O10P. The zero-order chi connectivity index (χ0) is 44.5. The lowest BCUT2D eigenvalue weighted by Gasteiger charge is -2.47. The fourth-order valence-electron chi connectivity index (χ4n) is 6.86. The molecule has 0 aromatic rings. The minimum absolute atomic E-state index is 0.0781. The van der Waals surface area contributed by atoms with Crippen LogP contribution in [0.15, 0.2) is 37.5 Å². The van der Waals surface area contributed by atoms with Crippen molar-refractivity contribution in [3.8, 4) is 0 Å². The van der Waals surface area contributed by atoms with Crippen molar-refractivity contribution in [2.75, 3.05) is 40.6 Å². The second kappa shape index (κ2) is 35.7. The van der Waals surface area contributed by atoms with Crippen molar-refractivity contribution < 1.29 is 46.6 Å². The van der Waals surface area contributed by atoms with E-state index in [9.17, 15) is 9.36 Å². The van der Waals surface area contributed by atoms with E-state index < -0.39 is 48.5 Å². The first-order valence-corrected chi connectivity index (χ1v) is 25.0. The van der Waals surface area contributed by atoms with Crippen molar-refractivity contribution in [1.29, 1.82) is 0 Å². The van der Waals surface area contributed by atoms with Crippen LogP contribution in [0.3, 0.4) is 0 Å². The van der Waals surface area contributed by atoms with Gasteiger partial charge in [-0.15, -0.1) is 13.2 Å². The summed E-state index contributed by atoms with van der Waals surface area (Å²) in [5.41, 5.74) is 6.18. The lowest BCUT2D eigenvalue weighted by Crippen LogP contribution is -2.67. The largest absolute Gasteiger partial charge is 0.475 e. The molecule has 3 N–H and O–H groups in total. The molecule has 0 unspecified atom stereocenters. The number of unbranched alkanes of at least 4 members (excludes halogenated alkanes) is 15. The summed E-state index contributed by atoms with van der Waals surface area (Å²) >= 11 is 18.4. The van der Waals surface area contributed by atoms with E-state index in [4.69, 9.17) is 77.8 Å². The summed E-state index contributed by atoms with van der Waals surface area (Å²) in [7, 11) is -1.17. The average Bonchev–Trinajstić information content (AvgIpc) is 3.21. The van der Waals surface area contributed by atoms with Crippen LogP contribution in [-0.4, -0.2) is 93.3 Å². The molecule has 0 saturated carbocycles. The SMILES string of the molecule is C=CCOP(=O)(OCC=C)O[C@H]1[C@H](OCC[C@@H](CCCCCCC)OC)[C@@H](NC(=O)CCCCCCCCCC=CCCCCCC)[C@@H](O[C@@H](N)C(Cl)(Cl)Cl)O[C@@H]1COC. The van der Waals surface area contributed by atoms with Gasteiger partial charge in [0.15, 0.2) is 12.5 Å². The van der Waals surface area contributed by atoms with Gasteiger partial charge >= 0.3 is 7.82 Å². The highest BCUT2D eigenvalue weighted by Gasteiger charge is 2.53. The Morgan fingerprint density at radius 3 is 1.92 bits per heavy atom. The van der Waals surface area contributed by atoms with Crippen LogP contribution in [0.5, 0.6) is 0 Å². The van der Waals surface area contributed by atoms with Crippen LogP contribution in [0.4, 0.5) is 0 Å². The average molecular weight is 934 g/mol. The monoisotopic (exact) mass is 932 g/mol. The van der Waals surface area contributed by atoms with Crippen molar-refractivity contribution in [2.45, 2.75) is 195 Å². The molecule has 352 valence electrons. The molecule has 1 aliphatic heterocycles. The van der Waals surface area contributed by atoms with Gasteiger partial charge in [0.25, 0.3) is 0 Å². The number of rotatable bonds is 39. The first kappa shape index (κ1) is 57.4. The summed E-state index contributed by atoms with van der Waals surface area (Å²) in [6.07, 6.45) is 23.4. The van der Waals surface area contributed by atoms with Gasteiger partial charge in [0.2, 0.25) is 9.70 Å². The van der Waals surface area contributed by atoms with Gasteiger partial charge in [-0.25, -0.2) is 4.57 Å². The summed E-state index contributed by atoms with van der Waals surface area (Å²) in [5, 5.41) is 3.04. The summed E-state index contributed by atoms with van der Waals surface area (Å²) in [6, 6.07) is -1.08. The summed E-state index contributed by atoms with van der Waals surface area (Å²) in [5.74, 6) is -0.283. The van der Waals surface area contributed by atoms with Crippen LogP contribution in [0.25, 0.3) is 0 Å². The Kier molecular flexibility index (Phi) is 34.2. The third-order valence-corrected chi connectivity index (χ3v) is 12.3. The second-order valence-electron chi connectivity index (χ2n) is 15.4. The molecular weight excluding hydrogens is 854 g/mol. The molecule has 16 heteroatoms. The first-order chi connectivity index (χ1) is 28.9. The molecule has 7 atom stereocenters. The number of hydrogen-bond acceptors (Lipinski definition) is 11. The highest BCUT2D eigenvalue weighted by Crippen LogP contribution is 2.52. The number of halogens is 3. The van der Waals surface area contributed by atoms with E-state index in [1.165, 1.54) is 83.5 Å².